The topological polar surface area (TPSA) is 58.6 Å². The van der Waals surface area contributed by atoms with Gasteiger partial charge in [0.15, 0.2) is 0 Å². The van der Waals surface area contributed by atoms with Crippen molar-refractivity contribution in [2.24, 2.45) is 0 Å². The third-order valence-corrected chi connectivity index (χ3v) is 5.55. The van der Waals surface area contributed by atoms with Gasteiger partial charge in [0, 0.05) is 37.8 Å². The number of rotatable bonds is 6. The normalized spacial score (nSPS) is 13.9. The van der Waals surface area contributed by atoms with Gasteiger partial charge in [-0.25, -0.2) is 9.97 Å². The minimum atomic E-state index is 0.159. The van der Waals surface area contributed by atoms with Gasteiger partial charge in [-0.1, -0.05) is 42.0 Å². The standard InChI is InChI=1S/C25H28N4O2/c1-3-31-22-10-6-20(7-11-22)16-25(30)29-14-12-28(13-15-29)24-17-23(26-18-27-24)21-8-4-19(2)5-9-21/h4-11,17-18H,3,12-16H2,1-2H3. The van der Waals surface area contributed by atoms with Gasteiger partial charge in [-0.2, -0.15) is 0 Å². The van der Waals surface area contributed by atoms with E-state index in [-0.39, 0.29) is 5.91 Å². The van der Waals surface area contributed by atoms with E-state index in [4.69, 9.17) is 4.74 Å². The molecule has 6 nitrogen and oxygen atoms in total. The van der Waals surface area contributed by atoms with Gasteiger partial charge in [0.05, 0.1) is 18.7 Å². The maximum absolute atomic E-state index is 12.7. The summed E-state index contributed by atoms with van der Waals surface area (Å²) in [6.45, 7) is 7.59. The van der Waals surface area contributed by atoms with Crippen molar-refractivity contribution in [3.05, 3.63) is 72.1 Å². The molecule has 0 unspecified atom stereocenters. The average molecular weight is 417 g/mol. The number of nitrogens with zero attached hydrogens (tertiary/aromatic N) is 4. The van der Waals surface area contributed by atoms with Crippen molar-refractivity contribution >= 4 is 11.7 Å². The SMILES string of the molecule is CCOc1ccc(CC(=O)N2CCN(c3cc(-c4ccc(C)cc4)ncn3)CC2)cc1. The van der Waals surface area contributed by atoms with Crippen LogP contribution in [0.5, 0.6) is 5.75 Å². The second-order valence-corrected chi connectivity index (χ2v) is 7.75. The lowest BCUT2D eigenvalue weighted by Gasteiger charge is -2.35. The van der Waals surface area contributed by atoms with Crippen LogP contribution in [0.4, 0.5) is 5.82 Å². The van der Waals surface area contributed by atoms with Crippen LogP contribution < -0.4 is 9.64 Å². The summed E-state index contributed by atoms with van der Waals surface area (Å²) < 4.78 is 5.47. The Labute approximate surface area is 183 Å². The molecule has 3 aromatic rings. The molecule has 4 rings (SSSR count). The molecule has 0 spiro atoms. The van der Waals surface area contributed by atoms with Gasteiger partial charge in [0.1, 0.15) is 17.9 Å². The molecule has 0 aliphatic carbocycles. The molecule has 0 atom stereocenters. The Balaban J connectivity index is 1.34. The van der Waals surface area contributed by atoms with Crippen molar-refractivity contribution in [3.63, 3.8) is 0 Å². The Morgan fingerprint density at radius 3 is 2.35 bits per heavy atom. The number of anilines is 1. The zero-order valence-corrected chi connectivity index (χ0v) is 18.1. The van der Waals surface area contributed by atoms with Crippen molar-refractivity contribution in [1.82, 2.24) is 14.9 Å². The molecule has 2 heterocycles. The van der Waals surface area contributed by atoms with Gasteiger partial charge >= 0.3 is 0 Å². The molecule has 1 aromatic heterocycles. The van der Waals surface area contributed by atoms with Crippen LogP contribution in [0, 0.1) is 6.92 Å². The fourth-order valence-corrected chi connectivity index (χ4v) is 3.74. The van der Waals surface area contributed by atoms with Crippen LogP contribution in [0.25, 0.3) is 11.3 Å². The number of benzene rings is 2. The highest BCUT2D eigenvalue weighted by atomic mass is 16.5. The summed E-state index contributed by atoms with van der Waals surface area (Å²) in [6, 6.07) is 18.1. The zero-order valence-electron chi connectivity index (χ0n) is 18.1. The number of ether oxygens (including phenoxy) is 1. The van der Waals surface area contributed by atoms with E-state index in [0.717, 1.165) is 41.5 Å². The number of carbonyl (C=O) groups excluding carboxylic acids is 1. The first kappa shape index (κ1) is 20.8. The van der Waals surface area contributed by atoms with E-state index in [2.05, 4.69) is 46.1 Å². The Morgan fingerprint density at radius 1 is 0.968 bits per heavy atom. The fourth-order valence-electron chi connectivity index (χ4n) is 3.74. The number of carbonyl (C=O) groups is 1. The van der Waals surface area contributed by atoms with E-state index in [9.17, 15) is 4.79 Å². The molecule has 1 amide bonds. The lowest BCUT2D eigenvalue weighted by molar-refractivity contribution is -0.130. The molecule has 2 aromatic carbocycles. The molecule has 160 valence electrons. The summed E-state index contributed by atoms with van der Waals surface area (Å²) in [5.41, 5.74) is 4.23. The van der Waals surface area contributed by atoms with E-state index < -0.39 is 0 Å². The molecule has 1 aliphatic heterocycles. The van der Waals surface area contributed by atoms with Gasteiger partial charge < -0.3 is 14.5 Å². The highest BCUT2D eigenvalue weighted by Crippen LogP contribution is 2.22. The Bertz CT molecular complexity index is 1010. The van der Waals surface area contributed by atoms with Crippen molar-refractivity contribution in [1.29, 1.82) is 0 Å². The highest BCUT2D eigenvalue weighted by molar-refractivity contribution is 5.79. The van der Waals surface area contributed by atoms with Crippen LogP contribution in [-0.4, -0.2) is 53.6 Å². The fraction of sp³-hybridized carbons (Fsp3) is 0.320. The maximum atomic E-state index is 12.7. The summed E-state index contributed by atoms with van der Waals surface area (Å²) in [5.74, 6) is 1.90. The number of hydrogen-bond acceptors (Lipinski definition) is 5. The van der Waals surface area contributed by atoms with Gasteiger partial charge in [-0.3, -0.25) is 4.79 Å². The third kappa shape index (κ3) is 5.20. The number of aromatic nitrogens is 2. The average Bonchev–Trinajstić information content (AvgIpc) is 2.81. The first-order chi connectivity index (χ1) is 15.1. The quantitative estimate of drug-likeness (QED) is 0.613. The van der Waals surface area contributed by atoms with Crippen LogP contribution in [0.2, 0.25) is 0 Å². The predicted molar refractivity (Wildman–Crippen MR) is 122 cm³/mol. The third-order valence-electron chi connectivity index (χ3n) is 5.55. The second-order valence-electron chi connectivity index (χ2n) is 7.75. The van der Waals surface area contributed by atoms with Gasteiger partial charge in [-0.05, 0) is 31.5 Å². The summed E-state index contributed by atoms with van der Waals surface area (Å²) in [6.07, 6.45) is 2.03. The molecular formula is C25H28N4O2. The maximum Gasteiger partial charge on any atom is 0.227 e. The summed E-state index contributed by atoms with van der Waals surface area (Å²) in [5, 5.41) is 0. The minimum Gasteiger partial charge on any atom is -0.494 e. The molecular weight excluding hydrogens is 388 g/mol. The molecule has 0 radical (unpaired) electrons. The first-order valence-electron chi connectivity index (χ1n) is 10.8. The molecule has 0 bridgehead atoms. The molecule has 0 N–H and O–H groups in total. The van der Waals surface area contributed by atoms with Crippen LogP contribution in [-0.2, 0) is 11.2 Å². The minimum absolute atomic E-state index is 0.159. The molecule has 6 heteroatoms. The van der Waals surface area contributed by atoms with Gasteiger partial charge in [-0.15, -0.1) is 0 Å². The van der Waals surface area contributed by atoms with Crippen LogP contribution >= 0.6 is 0 Å². The van der Waals surface area contributed by atoms with Crippen molar-refractivity contribution in [2.75, 3.05) is 37.7 Å². The summed E-state index contributed by atoms with van der Waals surface area (Å²) in [7, 11) is 0. The van der Waals surface area contributed by atoms with E-state index in [1.165, 1.54) is 5.56 Å². The number of piperazine rings is 1. The monoisotopic (exact) mass is 416 g/mol. The number of aryl methyl sites for hydroxylation is 1. The van der Waals surface area contributed by atoms with Crippen LogP contribution in [0.1, 0.15) is 18.1 Å². The molecule has 31 heavy (non-hydrogen) atoms. The van der Waals surface area contributed by atoms with E-state index in [1.807, 2.05) is 42.2 Å². The molecule has 1 saturated heterocycles. The van der Waals surface area contributed by atoms with Crippen LogP contribution in [0.3, 0.4) is 0 Å². The zero-order chi connectivity index (χ0) is 21.6. The second kappa shape index (κ2) is 9.60. The Morgan fingerprint density at radius 2 is 1.68 bits per heavy atom. The number of amides is 1. The summed E-state index contributed by atoms with van der Waals surface area (Å²) >= 11 is 0. The molecule has 0 saturated carbocycles. The van der Waals surface area contributed by atoms with E-state index in [1.54, 1.807) is 6.33 Å². The van der Waals surface area contributed by atoms with Gasteiger partial charge in [0.2, 0.25) is 5.91 Å². The van der Waals surface area contributed by atoms with Crippen molar-refractivity contribution in [2.45, 2.75) is 20.3 Å². The largest absolute Gasteiger partial charge is 0.494 e. The lowest BCUT2D eigenvalue weighted by Crippen LogP contribution is -2.49. The molecule has 1 aliphatic rings. The highest BCUT2D eigenvalue weighted by Gasteiger charge is 2.22. The molecule has 1 fully saturated rings. The Hall–Kier alpha value is -3.41. The van der Waals surface area contributed by atoms with Gasteiger partial charge in [0.25, 0.3) is 0 Å². The smallest absolute Gasteiger partial charge is 0.227 e. The predicted octanol–water partition coefficient (Wildman–Crippen LogP) is 3.74. The van der Waals surface area contributed by atoms with Crippen molar-refractivity contribution in [3.8, 4) is 17.0 Å². The number of hydrogen-bond donors (Lipinski definition) is 0. The lowest BCUT2D eigenvalue weighted by atomic mass is 10.1. The summed E-state index contributed by atoms with van der Waals surface area (Å²) in [4.78, 5) is 25.8. The van der Waals surface area contributed by atoms with Crippen LogP contribution in [0.15, 0.2) is 60.9 Å². The van der Waals surface area contributed by atoms with Crippen molar-refractivity contribution < 1.29 is 9.53 Å². The first-order valence-corrected chi connectivity index (χ1v) is 10.8. The Kier molecular flexibility index (Phi) is 6.46. The van der Waals surface area contributed by atoms with E-state index in [0.29, 0.717) is 26.1 Å². The van der Waals surface area contributed by atoms with E-state index >= 15 is 0 Å².